The smallest absolute Gasteiger partial charge is 0.368 e. The zero-order valence-electron chi connectivity index (χ0n) is 52.7. The van der Waals surface area contributed by atoms with Crippen molar-refractivity contribution >= 4 is 0 Å². The minimum atomic E-state index is -0.329. The maximum Gasteiger partial charge on any atom is 0.368 e. The van der Waals surface area contributed by atoms with Crippen molar-refractivity contribution in [3.05, 3.63) is 257 Å². The Hall–Kier alpha value is -11.9. The molecular formula is C69H66N16O7. The molecule has 0 radical (unpaired) electrons. The van der Waals surface area contributed by atoms with Gasteiger partial charge in [-0.1, -0.05) is 90.5 Å². The molecule has 23 heteroatoms. The Labute approximate surface area is 529 Å². The molecule has 0 spiro atoms. The average Bonchev–Trinajstić information content (AvgIpc) is 1.60. The van der Waals surface area contributed by atoms with E-state index in [9.17, 15) is 19.6 Å². The van der Waals surface area contributed by atoms with Crippen LogP contribution in [-0.4, -0.2) is 81.4 Å². The van der Waals surface area contributed by atoms with Gasteiger partial charge in [0.25, 0.3) is 0 Å². The normalized spacial score (nSPS) is 10.8. The first kappa shape index (κ1) is 63.1. The molecule has 0 N–H and O–H groups in total. The first-order valence-corrected chi connectivity index (χ1v) is 29.2. The number of nitriles is 1. The van der Waals surface area contributed by atoms with Gasteiger partial charge in [-0.3, -0.25) is 0 Å². The van der Waals surface area contributed by atoms with E-state index in [0.29, 0.717) is 51.3 Å². The van der Waals surface area contributed by atoms with E-state index < -0.39 is 0 Å². The number of pyridine rings is 3. The first-order valence-electron chi connectivity index (χ1n) is 29.2. The van der Waals surface area contributed by atoms with Crippen LogP contribution in [0.2, 0.25) is 0 Å². The summed E-state index contributed by atoms with van der Waals surface area (Å²) in [4.78, 5) is 51.0. The van der Waals surface area contributed by atoms with Crippen LogP contribution in [0.25, 0.3) is 50.8 Å². The third kappa shape index (κ3) is 13.8. The molecule has 0 amide bonds. The zero-order valence-corrected chi connectivity index (χ0v) is 52.7. The van der Waals surface area contributed by atoms with E-state index in [1.165, 1.54) is 33.7 Å². The number of aryl methyl sites for hydroxylation is 10. The van der Waals surface area contributed by atoms with Crippen LogP contribution in [0.5, 0.6) is 23.0 Å². The van der Waals surface area contributed by atoms with Crippen LogP contribution in [0, 0.1) is 59.8 Å². The van der Waals surface area contributed by atoms with Crippen LogP contribution in [0.1, 0.15) is 61.6 Å². The summed E-state index contributed by atoms with van der Waals surface area (Å²) in [5, 5.41) is 32.6. The second kappa shape index (κ2) is 28.1. The fourth-order valence-corrected chi connectivity index (χ4v) is 10.1. The summed E-state index contributed by atoms with van der Waals surface area (Å²) in [5.74, 6) is 2.76. The molecule has 92 heavy (non-hydrogen) atoms. The van der Waals surface area contributed by atoms with E-state index in [4.69, 9.17) is 28.9 Å². The summed E-state index contributed by atoms with van der Waals surface area (Å²) in [6.45, 7) is 14.5. The second-order valence-corrected chi connectivity index (χ2v) is 21.5. The lowest BCUT2D eigenvalue weighted by molar-refractivity contribution is 0.301. The van der Waals surface area contributed by atoms with Crippen molar-refractivity contribution in [1.29, 1.82) is 5.26 Å². The fourth-order valence-electron chi connectivity index (χ4n) is 10.1. The van der Waals surface area contributed by atoms with E-state index in [1.54, 1.807) is 34.3 Å². The molecule has 0 unspecified atom stereocenters. The Bertz CT molecular complexity index is 4900. The van der Waals surface area contributed by atoms with Gasteiger partial charge in [0, 0.05) is 54.5 Å². The van der Waals surface area contributed by atoms with Crippen LogP contribution in [0.3, 0.4) is 0 Å². The van der Waals surface area contributed by atoms with Gasteiger partial charge in [-0.05, 0) is 175 Å². The molecule has 0 aliphatic heterocycles. The lowest BCUT2D eigenvalue weighted by Crippen LogP contribution is -2.23. The summed E-state index contributed by atoms with van der Waals surface area (Å²) in [7, 11) is 6.34. The van der Waals surface area contributed by atoms with Crippen molar-refractivity contribution in [2.75, 3.05) is 7.11 Å². The monoisotopic (exact) mass is 1230 g/mol. The van der Waals surface area contributed by atoms with E-state index in [2.05, 4.69) is 61.4 Å². The van der Waals surface area contributed by atoms with E-state index in [0.717, 1.165) is 78.6 Å². The van der Waals surface area contributed by atoms with E-state index in [-0.39, 0.29) is 36.9 Å². The topological polar surface area (TPSA) is 258 Å². The number of methoxy groups -OCH3 is 1. The molecule has 0 aliphatic rings. The third-order valence-electron chi connectivity index (χ3n) is 15.3. The fraction of sp³-hybridized carbons (Fsp3) is 0.203. The number of benzene rings is 6. The SMILES string of the molecule is COc1ccccc1-c1ccc(OCc2c(C)cccc2-n2nnn(C)c2=O)c(C)n1.Cc1cccc(-c2ccc(OCc3c(C)cccc3-n3nnn(C)c3=O)c(C)n2)c1.Cc1cccc(-n2nnn(C)c2=O)c1COc1ccc(-c2ccccc2C#N)nc1C. The van der Waals surface area contributed by atoms with Gasteiger partial charge in [0.05, 0.1) is 70.0 Å². The molecule has 0 atom stereocenters. The molecule has 6 heterocycles. The number of nitrogens with zero attached hydrogens (tertiary/aromatic N) is 16. The van der Waals surface area contributed by atoms with Gasteiger partial charge in [-0.2, -0.15) is 33.4 Å². The number of para-hydroxylation sites is 1. The molecule has 0 fully saturated rings. The van der Waals surface area contributed by atoms with E-state index >= 15 is 0 Å². The molecule has 0 aliphatic carbocycles. The van der Waals surface area contributed by atoms with Gasteiger partial charge in [-0.15, -0.1) is 0 Å². The van der Waals surface area contributed by atoms with Crippen molar-refractivity contribution in [2.24, 2.45) is 21.1 Å². The Morgan fingerprint density at radius 3 is 1.17 bits per heavy atom. The molecule has 12 aromatic rings. The predicted octanol–water partition coefficient (Wildman–Crippen LogP) is 9.86. The van der Waals surface area contributed by atoms with Crippen LogP contribution in [0.4, 0.5) is 0 Å². The zero-order chi connectivity index (χ0) is 65.2. The lowest BCUT2D eigenvalue weighted by atomic mass is 10.0. The summed E-state index contributed by atoms with van der Waals surface area (Å²) in [5.41, 5.74) is 15.8. The molecule has 6 aromatic heterocycles. The van der Waals surface area contributed by atoms with Crippen molar-refractivity contribution in [2.45, 2.75) is 68.3 Å². The molecule has 0 bridgehead atoms. The molecule has 23 nitrogen and oxygen atoms in total. The van der Waals surface area contributed by atoms with Crippen molar-refractivity contribution in [1.82, 2.24) is 74.3 Å². The number of ether oxygens (including phenoxy) is 4. The van der Waals surface area contributed by atoms with Gasteiger partial charge >= 0.3 is 17.1 Å². The first-order chi connectivity index (χ1) is 44.4. The molecule has 12 rings (SSSR count). The highest BCUT2D eigenvalue weighted by molar-refractivity contribution is 5.69. The predicted molar refractivity (Wildman–Crippen MR) is 346 cm³/mol. The van der Waals surface area contributed by atoms with Gasteiger partial charge in [0.1, 0.15) is 42.8 Å². The number of tetrazole rings is 3. The standard InChI is InChI=1S/C23H20N6O2.C23H23N5O3.C23H23N5O2/c1-15-7-6-10-21(29-23(30)28(3)26-27-29)19(15)14-31-22-12-11-20(25-16(22)2)18-9-5-4-8-17(18)13-24;1-15-8-7-10-20(28-23(29)27(3)25-26-28)18(15)14-31-21-13-12-19(24-16(21)2)17-9-5-6-11-22(17)30-4;1-15-7-5-9-18(13-15)20-11-12-22(17(3)24-20)30-14-19-16(2)8-6-10-21(19)28-23(29)27(4)25-26-28/h4-12H,14H2,1-3H3;5-13H,14H2,1-4H3;5-13H,14H2,1-4H3. The summed E-state index contributed by atoms with van der Waals surface area (Å²) >= 11 is 0. The quantitative estimate of drug-likeness (QED) is 0.0871. The molecule has 6 aromatic carbocycles. The summed E-state index contributed by atoms with van der Waals surface area (Å²) in [6.07, 6.45) is 0. The third-order valence-corrected chi connectivity index (χ3v) is 15.3. The number of rotatable bonds is 16. The van der Waals surface area contributed by atoms with Gasteiger partial charge in [0.2, 0.25) is 0 Å². The van der Waals surface area contributed by atoms with Crippen LogP contribution >= 0.6 is 0 Å². The minimum absolute atomic E-state index is 0.238. The number of aromatic nitrogens is 15. The summed E-state index contributed by atoms with van der Waals surface area (Å²) < 4.78 is 31.1. The lowest BCUT2D eigenvalue weighted by Gasteiger charge is -2.15. The van der Waals surface area contributed by atoms with Gasteiger partial charge in [-0.25, -0.2) is 29.3 Å². The van der Waals surface area contributed by atoms with Gasteiger partial charge < -0.3 is 18.9 Å². The molecule has 464 valence electrons. The van der Waals surface area contributed by atoms with Crippen molar-refractivity contribution in [3.63, 3.8) is 0 Å². The highest BCUT2D eigenvalue weighted by Gasteiger charge is 2.19. The molecule has 0 saturated heterocycles. The highest BCUT2D eigenvalue weighted by atomic mass is 16.5. The van der Waals surface area contributed by atoms with Crippen LogP contribution in [0.15, 0.2) is 178 Å². The van der Waals surface area contributed by atoms with Crippen LogP contribution < -0.4 is 36.0 Å². The minimum Gasteiger partial charge on any atom is -0.496 e. The number of hydrogen-bond acceptors (Lipinski definition) is 17. The Kier molecular flexibility index (Phi) is 19.2. The number of hydrogen-bond donors (Lipinski definition) is 0. The maximum atomic E-state index is 12.3. The van der Waals surface area contributed by atoms with Gasteiger partial charge in [0.15, 0.2) is 0 Å². The largest absolute Gasteiger partial charge is 0.496 e. The Balaban J connectivity index is 0.000000151. The van der Waals surface area contributed by atoms with Crippen molar-refractivity contribution in [3.8, 4) is 79.9 Å². The maximum absolute atomic E-state index is 12.3. The molecular weight excluding hydrogens is 1160 g/mol. The Morgan fingerprint density at radius 1 is 0.402 bits per heavy atom. The molecule has 0 saturated carbocycles. The highest BCUT2D eigenvalue weighted by Crippen LogP contribution is 2.32. The van der Waals surface area contributed by atoms with Crippen LogP contribution in [-0.2, 0) is 41.0 Å². The summed E-state index contributed by atoms with van der Waals surface area (Å²) in [6, 6.07) is 54.0. The average molecular weight is 1230 g/mol. The second-order valence-electron chi connectivity index (χ2n) is 21.5. The van der Waals surface area contributed by atoms with E-state index in [1.807, 2.05) is 187 Å². The Morgan fingerprint density at radius 2 is 0.783 bits per heavy atom. The van der Waals surface area contributed by atoms with Crippen molar-refractivity contribution < 1.29 is 18.9 Å².